The molecule has 0 amide bonds. The number of benzene rings is 1. The van der Waals surface area contributed by atoms with Crippen LogP contribution >= 0.6 is 22.6 Å². The van der Waals surface area contributed by atoms with Crippen LogP contribution in [0.15, 0.2) is 18.2 Å². The molecule has 22 heavy (non-hydrogen) atoms. The van der Waals surface area contributed by atoms with E-state index in [4.69, 9.17) is 9.47 Å². The molecule has 0 saturated carbocycles. The molecule has 5 nitrogen and oxygen atoms in total. The highest BCUT2D eigenvalue weighted by molar-refractivity contribution is 14.1. The molecule has 122 valence electrons. The second kappa shape index (κ2) is 8.47. The molecular weight excluding hydrogens is 399 g/mol. The maximum atomic E-state index is 11.6. The lowest BCUT2D eigenvalue weighted by Gasteiger charge is -2.19. The highest BCUT2D eigenvalue weighted by atomic mass is 127. The van der Waals surface area contributed by atoms with E-state index < -0.39 is 11.6 Å². The molecular formula is C16H21IO5. The standard InChI is InChI=1S/C16H21IO5/c1-16(2,3)22-15(19)10-21-9-12-5-11(6-13(17)7-12)8-14(18)20-4/h5-7H,8-10H2,1-4H3. The van der Waals surface area contributed by atoms with Gasteiger partial charge in [0.1, 0.15) is 12.2 Å². The van der Waals surface area contributed by atoms with Gasteiger partial charge in [-0.3, -0.25) is 4.79 Å². The highest BCUT2D eigenvalue weighted by Crippen LogP contribution is 2.15. The molecule has 1 aromatic carbocycles. The number of rotatable bonds is 6. The van der Waals surface area contributed by atoms with Gasteiger partial charge >= 0.3 is 11.9 Å². The van der Waals surface area contributed by atoms with Gasteiger partial charge in [0.15, 0.2) is 0 Å². The van der Waals surface area contributed by atoms with Crippen molar-refractivity contribution in [3.63, 3.8) is 0 Å². The zero-order valence-electron chi connectivity index (χ0n) is 13.3. The number of carbonyl (C=O) groups is 2. The van der Waals surface area contributed by atoms with Gasteiger partial charge in [-0.15, -0.1) is 0 Å². The van der Waals surface area contributed by atoms with Crippen LogP contribution < -0.4 is 0 Å². The summed E-state index contributed by atoms with van der Waals surface area (Å²) in [6.45, 7) is 5.61. The van der Waals surface area contributed by atoms with E-state index >= 15 is 0 Å². The second-order valence-electron chi connectivity index (χ2n) is 5.80. The Morgan fingerprint density at radius 2 is 1.73 bits per heavy atom. The Bertz CT molecular complexity index is 534. The maximum absolute atomic E-state index is 11.6. The summed E-state index contributed by atoms with van der Waals surface area (Å²) in [5, 5.41) is 0. The topological polar surface area (TPSA) is 61.8 Å². The number of hydrogen-bond acceptors (Lipinski definition) is 5. The molecule has 0 aliphatic carbocycles. The van der Waals surface area contributed by atoms with E-state index in [9.17, 15) is 9.59 Å². The van der Waals surface area contributed by atoms with Crippen LogP contribution in [-0.4, -0.2) is 31.3 Å². The molecule has 0 spiro atoms. The maximum Gasteiger partial charge on any atom is 0.332 e. The molecule has 0 saturated heterocycles. The lowest BCUT2D eigenvalue weighted by atomic mass is 10.1. The van der Waals surface area contributed by atoms with Crippen LogP contribution in [0.25, 0.3) is 0 Å². The molecule has 0 N–H and O–H groups in total. The van der Waals surface area contributed by atoms with Gasteiger partial charge in [-0.2, -0.15) is 0 Å². The third kappa shape index (κ3) is 7.74. The minimum Gasteiger partial charge on any atom is -0.469 e. The van der Waals surface area contributed by atoms with Crippen molar-refractivity contribution in [2.45, 2.75) is 39.4 Å². The van der Waals surface area contributed by atoms with Gasteiger partial charge in [-0.05, 0) is 66.6 Å². The number of carbonyl (C=O) groups excluding carboxylic acids is 2. The molecule has 0 atom stereocenters. The van der Waals surface area contributed by atoms with E-state index in [-0.39, 0.29) is 25.6 Å². The van der Waals surface area contributed by atoms with Crippen LogP contribution in [0, 0.1) is 3.57 Å². The van der Waals surface area contributed by atoms with Crippen molar-refractivity contribution in [1.29, 1.82) is 0 Å². The Morgan fingerprint density at radius 1 is 1.09 bits per heavy atom. The van der Waals surface area contributed by atoms with Crippen molar-refractivity contribution in [2.24, 2.45) is 0 Å². The number of halogens is 1. The third-order valence-electron chi connectivity index (χ3n) is 2.50. The first-order chi connectivity index (χ1) is 10.2. The average Bonchev–Trinajstić information content (AvgIpc) is 2.35. The molecule has 0 aliphatic heterocycles. The fraction of sp³-hybridized carbons (Fsp3) is 0.500. The van der Waals surface area contributed by atoms with E-state index in [2.05, 4.69) is 27.3 Å². The minimum absolute atomic E-state index is 0.102. The van der Waals surface area contributed by atoms with Gasteiger partial charge in [0.05, 0.1) is 20.1 Å². The molecule has 1 rings (SSSR count). The summed E-state index contributed by atoms with van der Waals surface area (Å²) in [5.41, 5.74) is 1.24. The fourth-order valence-electron chi connectivity index (χ4n) is 1.76. The number of methoxy groups -OCH3 is 1. The van der Waals surface area contributed by atoms with Crippen LogP contribution in [-0.2, 0) is 36.8 Å². The van der Waals surface area contributed by atoms with E-state index in [0.717, 1.165) is 14.7 Å². The summed E-state index contributed by atoms with van der Waals surface area (Å²) in [7, 11) is 1.36. The quantitative estimate of drug-likeness (QED) is 0.523. The third-order valence-corrected chi connectivity index (χ3v) is 3.12. The summed E-state index contributed by atoms with van der Waals surface area (Å²) in [5.74, 6) is -0.685. The van der Waals surface area contributed by atoms with E-state index in [0.29, 0.717) is 0 Å². The van der Waals surface area contributed by atoms with Crippen LogP contribution in [0.4, 0.5) is 0 Å². The SMILES string of the molecule is COC(=O)Cc1cc(I)cc(COCC(=O)OC(C)(C)C)c1. The Hall–Kier alpha value is -1.15. The van der Waals surface area contributed by atoms with Crippen molar-refractivity contribution in [3.8, 4) is 0 Å². The van der Waals surface area contributed by atoms with Crippen molar-refractivity contribution in [1.82, 2.24) is 0 Å². The Kier molecular flexibility index (Phi) is 7.28. The molecule has 6 heteroatoms. The van der Waals surface area contributed by atoms with Crippen LogP contribution in [0.1, 0.15) is 31.9 Å². The first-order valence-corrected chi connectivity index (χ1v) is 7.92. The largest absolute Gasteiger partial charge is 0.469 e. The Balaban J connectivity index is 2.55. The van der Waals surface area contributed by atoms with Gasteiger partial charge in [0.2, 0.25) is 0 Å². The lowest BCUT2D eigenvalue weighted by molar-refractivity contribution is -0.160. The average molecular weight is 420 g/mol. The van der Waals surface area contributed by atoms with Gasteiger partial charge in [0, 0.05) is 3.57 Å². The summed E-state index contributed by atoms with van der Waals surface area (Å²) in [4.78, 5) is 22.9. The highest BCUT2D eigenvalue weighted by Gasteiger charge is 2.16. The Labute approximate surface area is 144 Å². The summed E-state index contributed by atoms with van der Waals surface area (Å²) < 4.78 is 16.2. The number of hydrogen-bond donors (Lipinski definition) is 0. The predicted octanol–water partition coefficient (Wildman–Crippen LogP) is 2.87. The van der Waals surface area contributed by atoms with Crippen molar-refractivity contribution in [2.75, 3.05) is 13.7 Å². The lowest BCUT2D eigenvalue weighted by Crippen LogP contribution is -2.26. The van der Waals surface area contributed by atoms with Crippen molar-refractivity contribution in [3.05, 3.63) is 32.9 Å². The van der Waals surface area contributed by atoms with E-state index in [1.165, 1.54) is 7.11 Å². The molecule has 1 aromatic rings. The predicted molar refractivity (Wildman–Crippen MR) is 90.4 cm³/mol. The molecule has 0 aliphatic rings. The normalized spacial score (nSPS) is 11.1. The van der Waals surface area contributed by atoms with Gasteiger partial charge in [-0.1, -0.05) is 6.07 Å². The van der Waals surface area contributed by atoms with Crippen LogP contribution in [0.2, 0.25) is 0 Å². The zero-order valence-corrected chi connectivity index (χ0v) is 15.4. The Morgan fingerprint density at radius 3 is 2.32 bits per heavy atom. The summed E-state index contributed by atoms with van der Waals surface area (Å²) in [6, 6.07) is 5.72. The molecule has 0 radical (unpaired) electrons. The van der Waals surface area contributed by atoms with E-state index in [1.807, 2.05) is 39.0 Å². The van der Waals surface area contributed by atoms with Crippen LogP contribution in [0.3, 0.4) is 0 Å². The molecule has 0 aromatic heterocycles. The molecule has 0 heterocycles. The van der Waals surface area contributed by atoms with Gasteiger partial charge < -0.3 is 14.2 Å². The smallest absolute Gasteiger partial charge is 0.332 e. The molecule has 0 unspecified atom stereocenters. The monoisotopic (exact) mass is 420 g/mol. The fourth-order valence-corrected chi connectivity index (χ4v) is 2.56. The second-order valence-corrected chi connectivity index (χ2v) is 7.05. The zero-order chi connectivity index (χ0) is 16.8. The van der Waals surface area contributed by atoms with Crippen molar-refractivity contribution < 1.29 is 23.8 Å². The van der Waals surface area contributed by atoms with Gasteiger partial charge in [0.25, 0.3) is 0 Å². The van der Waals surface area contributed by atoms with Crippen molar-refractivity contribution >= 4 is 34.5 Å². The molecule has 0 bridgehead atoms. The van der Waals surface area contributed by atoms with E-state index in [1.54, 1.807) is 0 Å². The first kappa shape index (κ1) is 18.9. The number of esters is 2. The first-order valence-electron chi connectivity index (χ1n) is 6.84. The molecule has 0 fully saturated rings. The van der Waals surface area contributed by atoms with Crippen LogP contribution in [0.5, 0.6) is 0 Å². The van der Waals surface area contributed by atoms with Gasteiger partial charge in [-0.25, -0.2) is 4.79 Å². The number of ether oxygens (including phenoxy) is 3. The summed E-state index contributed by atoms with van der Waals surface area (Å²) in [6.07, 6.45) is 0.215. The summed E-state index contributed by atoms with van der Waals surface area (Å²) >= 11 is 2.17. The minimum atomic E-state index is -0.518.